The Bertz CT molecular complexity index is 1490. The maximum absolute atomic E-state index is 12.9. The highest BCUT2D eigenvalue weighted by atomic mass is 35.5. The SMILES string of the molecule is CC(=Cc1ccc(O[C@@H]2O[C@H](C(C)=NOCc3ccccc3Cl)[C@@H](O)[C@@]2(C)O)c(O)c1)C(=O)N[C@@H]1[C@H](O)[C@@H](O)[C@H]2OCO[C@H]2[C@@H]1O. The summed E-state index contributed by atoms with van der Waals surface area (Å²) < 4.78 is 22.0. The molecule has 2 aromatic rings. The van der Waals surface area contributed by atoms with Crippen LogP contribution in [-0.4, -0.2) is 110 Å². The van der Waals surface area contributed by atoms with Gasteiger partial charge in [0.05, 0.1) is 11.8 Å². The van der Waals surface area contributed by atoms with Crippen LogP contribution in [0.15, 0.2) is 53.2 Å². The number of phenolic OH excluding ortho intramolecular Hbond substituents is 1. The number of fused-ring (bicyclic) bond motifs is 1. The van der Waals surface area contributed by atoms with Crippen LogP contribution in [0.25, 0.3) is 6.08 Å². The number of aromatic hydroxyl groups is 1. The van der Waals surface area contributed by atoms with Gasteiger partial charge in [0.2, 0.25) is 12.2 Å². The van der Waals surface area contributed by atoms with Crippen molar-refractivity contribution >= 4 is 29.3 Å². The van der Waals surface area contributed by atoms with Gasteiger partial charge in [0.25, 0.3) is 0 Å². The highest BCUT2D eigenvalue weighted by Crippen LogP contribution is 2.37. The monoisotopic (exact) mass is 664 g/mol. The molecular formula is C31H37ClN2O12. The van der Waals surface area contributed by atoms with E-state index in [0.717, 1.165) is 0 Å². The fourth-order valence-corrected chi connectivity index (χ4v) is 5.70. The lowest BCUT2D eigenvalue weighted by molar-refractivity contribution is -0.155. The van der Waals surface area contributed by atoms with Gasteiger partial charge in [-0.2, -0.15) is 0 Å². The van der Waals surface area contributed by atoms with E-state index >= 15 is 0 Å². The van der Waals surface area contributed by atoms with Crippen molar-refractivity contribution in [3.8, 4) is 11.5 Å². The zero-order valence-corrected chi connectivity index (χ0v) is 25.9. The Balaban J connectivity index is 1.21. The molecule has 0 spiro atoms. The summed E-state index contributed by atoms with van der Waals surface area (Å²) in [4.78, 5) is 18.3. The van der Waals surface area contributed by atoms with E-state index in [-0.39, 0.29) is 36.2 Å². The van der Waals surface area contributed by atoms with Gasteiger partial charge in [-0.1, -0.05) is 41.0 Å². The standard InChI is InChI=1S/C31H37ClN2O12/c1-14(29(40)33-21-22(36)24(38)27-26(23(21)37)42-13-43-27)10-16-8-9-20(19(35)11-16)45-30-31(3,41)28(39)25(46-30)15(2)34-44-12-17-6-4-5-7-18(17)32/h4-11,21-28,30,35-39,41H,12-13H2,1-3H3,(H,33,40)/t21-,22+,23-,24-,25-,26+,27-,28-,30-,31-/m1/s1. The molecule has 0 unspecified atom stereocenters. The molecule has 15 heteroatoms. The topological polar surface area (TPSA) is 209 Å². The van der Waals surface area contributed by atoms with Gasteiger partial charge in [0.15, 0.2) is 17.1 Å². The largest absolute Gasteiger partial charge is 0.504 e. The predicted octanol–water partition coefficient (Wildman–Crippen LogP) is 0.580. The second kappa shape index (κ2) is 13.8. The summed E-state index contributed by atoms with van der Waals surface area (Å²) in [5.74, 6) is -1.06. The number of halogens is 1. The van der Waals surface area contributed by atoms with Crippen molar-refractivity contribution in [2.75, 3.05) is 6.79 Å². The molecule has 0 aromatic heterocycles. The molecule has 2 saturated heterocycles. The van der Waals surface area contributed by atoms with Gasteiger partial charge in [-0.05, 0) is 50.6 Å². The Hall–Kier alpha value is -3.31. The van der Waals surface area contributed by atoms with Crippen LogP contribution in [0.1, 0.15) is 31.9 Å². The number of hydrogen-bond acceptors (Lipinski definition) is 13. The first-order valence-electron chi connectivity index (χ1n) is 14.5. The minimum absolute atomic E-state index is 0.0716. The molecule has 3 fully saturated rings. The van der Waals surface area contributed by atoms with Crippen LogP contribution in [0.3, 0.4) is 0 Å². The Morgan fingerprint density at radius 2 is 1.78 bits per heavy atom. The molecule has 2 heterocycles. The number of rotatable bonds is 9. The Morgan fingerprint density at radius 1 is 1.09 bits per heavy atom. The van der Waals surface area contributed by atoms with E-state index < -0.39 is 66.6 Å². The number of aliphatic hydroxyl groups is 5. The zero-order chi connectivity index (χ0) is 33.3. The first-order valence-corrected chi connectivity index (χ1v) is 14.9. The number of oxime groups is 1. The van der Waals surface area contributed by atoms with Crippen LogP contribution in [-0.2, 0) is 30.4 Å². The van der Waals surface area contributed by atoms with E-state index in [1.54, 1.807) is 31.2 Å². The van der Waals surface area contributed by atoms with E-state index in [2.05, 4.69) is 10.5 Å². The van der Waals surface area contributed by atoms with Crippen molar-refractivity contribution in [1.82, 2.24) is 5.32 Å². The summed E-state index contributed by atoms with van der Waals surface area (Å²) in [6, 6.07) is 10.1. The van der Waals surface area contributed by atoms with Crippen molar-refractivity contribution < 1.29 is 59.2 Å². The lowest BCUT2D eigenvalue weighted by Gasteiger charge is -2.41. The first kappa shape index (κ1) is 34.0. The molecule has 3 aliphatic rings. The molecule has 2 aliphatic heterocycles. The number of benzene rings is 2. The normalized spacial score (nSPS) is 34.7. The number of amides is 1. The van der Waals surface area contributed by atoms with Gasteiger partial charge in [-0.25, -0.2) is 0 Å². The van der Waals surface area contributed by atoms with E-state index in [1.165, 1.54) is 38.1 Å². The smallest absolute Gasteiger partial charge is 0.247 e. The van der Waals surface area contributed by atoms with Gasteiger partial charge >= 0.3 is 0 Å². The molecule has 2 aromatic carbocycles. The summed E-state index contributed by atoms with van der Waals surface area (Å²) in [5, 5.41) is 70.9. The molecule has 46 heavy (non-hydrogen) atoms. The number of hydrogen-bond donors (Lipinski definition) is 7. The van der Waals surface area contributed by atoms with Crippen molar-refractivity contribution in [2.45, 2.75) is 88.0 Å². The average Bonchev–Trinajstić information content (AvgIpc) is 3.60. The van der Waals surface area contributed by atoms with Gasteiger partial charge < -0.3 is 59.7 Å². The van der Waals surface area contributed by atoms with Crippen molar-refractivity contribution in [3.63, 3.8) is 0 Å². The molecule has 5 rings (SSSR count). The number of phenols is 1. The van der Waals surface area contributed by atoms with Crippen LogP contribution in [0.4, 0.5) is 0 Å². The Kier molecular flexibility index (Phi) is 10.2. The number of nitrogens with one attached hydrogen (secondary N) is 1. The van der Waals surface area contributed by atoms with Crippen LogP contribution in [0, 0.1) is 0 Å². The minimum Gasteiger partial charge on any atom is -0.504 e. The lowest BCUT2D eigenvalue weighted by atomic mass is 9.83. The van der Waals surface area contributed by atoms with Crippen molar-refractivity contribution in [1.29, 1.82) is 0 Å². The molecule has 1 aliphatic carbocycles. The lowest BCUT2D eigenvalue weighted by Crippen LogP contribution is -2.67. The Morgan fingerprint density at radius 3 is 2.48 bits per heavy atom. The van der Waals surface area contributed by atoms with E-state index in [0.29, 0.717) is 16.1 Å². The second-order valence-electron chi connectivity index (χ2n) is 11.7. The quantitative estimate of drug-likeness (QED) is 0.112. The van der Waals surface area contributed by atoms with E-state index in [9.17, 15) is 35.4 Å². The van der Waals surface area contributed by atoms with Crippen molar-refractivity contribution in [2.24, 2.45) is 5.16 Å². The molecule has 1 saturated carbocycles. The predicted molar refractivity (Wildman–Crippen MR) is 162 cm³/mol. The summed E-state index contributed by atoms with van der Waals surface area (Å²) in [6.07, 6.45) is -8.53. The second-order valence-corrected chi connectivity index (χ2v) is 12.1. The zero-order valence-electron chi connectivity index (χ0n) is 25.2. The molecule has 0 bridgehead atoms. The van der Waals surface area contributed by atoms with Crippen LogP contribution < -0.4 is 10.1 Å². The molecule has 7 N–H and O–H groups in total. The maximum atomic E-state index is 12.9. The number of ether oxygens (including phenoxy) is 4. The Labute approximate surface area is 269 Å². The third-order valence-corrected chi connectivity index (χ3v) is 8.66. The number of nitrogens with zero attached hydrogens (tertiary/aromatic N) is 1. The summed E-state index contributed by atoms with van der Waals surface area (Å²) in [5.41, 5.74) is -0.406. The van der Waals surface area contributed by atoms with E-state index in [4.69, 9.17) is 35.4 Å². The average molecular weight is 665 g/mol. The molecular weight excluding hydrogens is 628 g/mol. The van der Waals surface area contributed by atoms with Gasteiger partial charge in [0.1, 0.15) is 56.1 Å². The van der Waals surface area contributed by atoms with E-state index in [1.807, 2.05) is 0 Å². The summed E-state index contributed by atoms with van der Waals surface area (Å²) in [6.45, 7) is 4.28. The molecule has 250 valence electrons. The number of carbonyl (C=O) groups is 1. The first-order chi connectivity index (χ1) is 21.8. The third-order valence-electron chi connectivity index (χ3n) is 8.29. The minimum atomic E-state index is -1.90. The van der Waals surface area contributed by atoms with Gasteiger partial charge in [0, 0.05) is 16.2 Å². The molecule has 1 amide bonds. The number of carbonyl (C=O) groups excluding carboxylic acids is 1. The highest BCUT2D eigenvalue weighted by molar-refractivity contribution is 6.31. The van der Waals surface area contributed by atoms with Gasteiger partial charge in [-0.3, -0.25) is 4.79 Å². The highest BCUT2D eigenvalue weighted by Gasteiger charge is 2.55. The van der Waals surface area contributed by atoms with Crippen LogP contribution >= 0.6 is 11.6 Å². The fraction of sp³-hybridized carbons (Fsp3) is 0.484. The third kappa shape index (κ3) is 6.86. The fourth-order valence-electron chi connectivity index (χ4n) is 5.51. The van der Waals surface area contributed by atoms with Crippen LogP contribution in [0.5, 0.6) is 11.5 Å². The molecule has 10 atom stereocenters. The summed E-state index contributed by atoms with van der Waals surface area (Å²) in [7, 11) is 0. The molecule has 14 nitrogen and oxygen atoms in total. The maximum Gasteiger partial charge on any atom is 0.247 e. The summed E-state index contributed by atoms with van der Waals surface area (Å²) >= 11 is 6.13. The van der Waals surface area contributed by atoms with Crippen molar-refractivity contribution in [3.05, 3.63) is 64.2 Å². The number of aliphatic hydroxyl groups excluding tert-OH is 4. The molecule has 0 radical (unpaired) electrons. The van der Waals surface area contributed by atoms with Crippen LogP contribution in [0.2, 0.25) is 5.02 Å². The van der Waals surface area contributed by atoms with Gasteiger partial charge in [-0.15, -0.1) is 0 Å².